The first-order valence-electron chi connectivity index (χ1n) is 10.8. The Bertz CT molecular complexity index is 1270. The summed E-state index contributed by atoms with van der Waals surface area (Å²) in [7, 11) is 0. The molecule has 1 saturated heterocycles. The molecular weight excluding hydrogens is 403 g/mol. The number of benzene rings is 1. The fraction of sp³-hybridized carbons (Fsp3) is 0.231. The molecule has 0 bridgehead atoms. The average Bonchev–Trinajstić information content (AvgIpc) is 3.26. The molecule has 4 heterocycles. The van der Waals surface area contributed by atoms with Gasteiger partial charge < -0.3 is 14.5 Å². The van der Waals surface area contributed by atoms with Gasteiger partial charge in [-0.2, -0.15) is 0 Å². The molecule has 1 fully saturated rings. The zero-order chi connectivity index (χ0) is 22.1. The average molecular weight is 429 g/mol. The molecule has 32 heavy (non-hydrogen) atoms. The maximum Gasteiger partial charge on any atom is 0.123 e. The molecule has 0 spiro atoms. The molecule has 0 atom stereocenters. The standard InChI is InChI=1S/C26H25FN4O/c1-17-24(18(2)30-22-7-5-21(27)6-8-22)14-20(15-28-17)23-4-3-11-31-25(23)16-29-26(31)19-9-12-32-13-10-19/h3-8,11,14-16,19,30H,2,9-10,12-13H2,1H3. The number of fused-ring (bicyclic) bond motifs is 1. The van der Waals surface area contributed by atoms with Gasteiger partial charge in [0.25, 0.3) is 0 Å². The number of rotatable bonds is 5. The molecule has 5 rings (SSSR count). The Labute approximate surface area is 186 Å². The molecule has 5 nitrogen and oxygen atoms in total. The molecule has 0 saturated carbocycles. The van der Waals surface area contributed by atoms with Crippen LogP contribution in [-0.4, -0.2) is 27.6 Å². The van der Waals surface area contributed by atoms with Crippen molar-refractivity contribution < 1.29 is 9.13 Å². The summed E-state index contributed by atoms with van der Waals surface area (Å²) in [6.45, 7) is 7.72. The fourth-order valence-corrected chi connectivity index (χ4v) is 4.30. The Kier molecular flexibility index (Phi) is 5.45. The molecule has 0 radical (unpaired) electrons. The maximum absolute atomic E-state index is 13.2. The van der Waals surface area contributed by atoms with E-state index in [2.05, 4.69) is 45.7 Å². The van der Waals surface area contributed by atoms with Gasteiger partial charge in [0.1, 0.15) is 11.6 Å². The summed E-state index contributed by atoms with van der Waals surface area (Å²) in [5.74, 6) is 1.23. The van der Waals surface area contributed by atoms with Crippen LogP contribution in [0, 0.1) is 12.7 Å². The molecule has 0 amide bonds. The summed E-state index contributed by atoms with van der Waals surface area (Å²) in [6, 6.07) is 12.5. The van der Waals surface area contributed by atoms with Gasteiger partial charge in [-0.1, -0.05) is 12.6 Å². The third-order valence-corrected chi connectivity index (χ3v) is 6.05. The highest BCUT2D eigenvalue weighted by Gasteiger charge is 2.21. The number of aryl methyl sites for hydroxylation is 1. The van der Waals surface area contributed by atoms with Crippen molar-refractivity contribution in [3.8, 4) is 11.1 Å². The lowest BCUT2D eigenvalue weighted by Gasteiger charge is -2.21. The van der Waals surface area contributed by atoms with E-state index in [1.807, 2.05) is 19.3 Å². The van der Waals surface area contributed by atoms with Crippen LogP contribution in [0.3, 0.4) is 0 Å². The number of hydrogen-bond donors (Lipinski definition) is 1. The van der Waals surface area contributed by atoms with Gasteiger partial charge in [0.05, 0.1) is 11.7 Å². The second-order valence-corrected chi connectivity index (χ2v) is 8.15. The van der Waals surface area contributed by atoms with Gasteiger partial charge in [-0.05, 0) is 56.2 Å². The van der Waals surface area contributed by atoms with Crippen molar-refractivity contribution in [3.05, 3.63) is 90.5 Å². The summed E-state index contributed by atoms with van der Waals surface area (Å²) < 4.78 is 20.9. The van der Waals surface area contributed by atoms with E-state index in [1.54, 1.807) is 12.1 Å². The lowest BCUT2D eigenvalue weighted by Crippen LogP contribution is -2.16. The molecule has 162 valence electrons. The summed E-state index contributed by atoms with van der Waals surface area (Å²) in [6.07, 6.45) is 7.91. The summed E-state index contributed by atoms with van der Waals surface area (Å²) >= 11 is 0. The SMILES string of the molecule is C=C(Nc1ccc(F)cc1)c1cc(-c2cccn3c(C4CCOCC4)ncc23)cnc1C. The molecule has 6 heteroatoms. The van der Waals surface area contributed by atoms with E-state index in [-0.39, 0.29) is 5.82 Å². The Balaban J connectivity index is 1.49. The van der Waals surface area contributed by atoms with Crippen molar-refractivity contribution in [2.45, 2.75) is 25.7 Å². The number of anilines is 1. The van der Waals surface area contributed by atoms with Gasteiger partial charge in [0.15, 0.2) is 0 Å². The van der Waals surface area contributed by atoms with Crippen LogP contribution >= 0.6 is 0 Å². The number of nitrogens with zero attached hydrogens (tertiary/aromatic N) is 3. The van der Waals surface area contributed by atoms with Crippen molar-refractivity contribution in [1.82, 2.24) is 14.4 Å². The first kappa shape index (κ1) is 20.4. The molecule has 1 aliphatic rings. The van der Waals surface area contributed by atoms with Crippen molar-refractivity contribution in [3.63, 3.8) is 0 Å². The van der Waals surface area contributed by atoms with Crippen LogP contribution in [0.4, 0.5) is 10.1 Å². The topological polar surface area (TPSA) is 51.5 Å². The van der Waals surface area contributed by atoms with Crippen LogP contribution in [-0.2, 0) is 4.74 Å². The number of ether oxygens (including phenoxy) is 1. The number of pyridine rings is 2. The number of aromatic nitrogens is 3. The quantitative estimate of drug-likeness (QED) is 0.435. The van der Waals surface area contributed by atoms with E-state index in [0.717, 1.165) is 65.5 Å². The van der Waals surface area contributed by atoms with E-state index in [9.17, 15) is 4.39 Å². The van der Waals surface area contributed by atoms with Gasteiger partial charge in [0.2, 0.25) is 0 Å². The molecule has 4 aromatic rings. The predicted octanol–water partition coefficient (Wildman–Crippen LogP) is 5.82. The zero-order valence-electron chi connectivity index (χ0n) is 18.0. The first-order valence-corrected chi connectivity index (χ1v) is 10.8. The summed E-state index contributed by atoms with van der Waals surface area (Å²) in [5.41, 5.74) is 6.41. The zero-order valence-corrected chi connectivity index (χ0v) is 18.0. The number of hydrogen-bond acceptors (Lipinski definition) is 4. The molecule has 0 aliphatic carbocycles. The van der Waals surface area contributed by atoms with Crippen molar-refractivity contribution in [2.24, 2.45) is 0 Å². The molecule has 1 aromatic carbocycles. The lowest BCUT2D eigenvalue weighted by atomic mass is 9.99. The Morgan fingerprint density at radius 2 is 1.91 bits per heavy atom. The highest BCUT2D eigenvalue weighted by molar-refractivity contribution is 5.84. The van der Waals surface area contributed by atoms with Crippen molar-refractivity contribution in [1.29, 1.82) is 0 Å². The predicted molar refractivity (Wildman–Crippen MR) is 125 cm³/mol. The van der Waals surface area contributed by atoms with E-state index in [0.29, 0.717) is 11.6 Å². The second kappa shape index (κ2) is 8.55. The van der Waals surface area contributed by atoms with E-state index >= 15 is 0 Å². The van der Waals surface area contributed by atoms with Crippen molar-refractivity contribution >= 4 is 16.9 Å². The first-order chi connectivity index (χ1) is 15.6. The smallest absolute Gasteiger partial charge is 0.123 e. The van der Waals surface area contributed by atoms with Crippen LogP contribution in [0.15, 0.2) is 67.6 Å². The van der Waals surface area contributed by atoms with Crippen LogP contribution in [0.5, 0.6) is 0 Å². The van der Waals surface area contributed by atoms with Gasteiger partial charge >= 0.3 is 0 Å². The minimum absolute atomic E-state index is 0.268. The molecule has 1 aliphatic heterocycles. The second-order valence-electron chi connectivity index (χ2n) is 8.15. The largest absolute Gasteiger partial charge is 0.381 e. The minimum atomic E-state index is -0.268. The maximum atomic E-state index is 13.2. The van der Waals surface area contributed by atoms with Crippen LogP contribution < -0.4 is 5.32 Å². The fourth-order valence-electron chi connectivity index (χ4n) is 4.30. The van der Waals surface area contributed by atoms with Crippen LogP contribution in [0.1, 0.15) is 35.8 Å². The Morgan fingerprint density at radius 1 is 1.12 bits per heavy atom. The number of nitrogens with one attached hydrogen (secondary N) is 1. The third-order valence-electron chi connectivity index (χ3n) is 6.05. The number of halogens is 1. The van der Waals surface area contributed by atoms with Crippen LogP contribution in [0.2, 0.25) is 0 Å². The molecule has 0 unspecified atom stereocenters. The van der Waals surface area contributed by atoms with Gasteiger partial charge in [-0.25, -0.2) is 9.37 Å². The Hall–Kier alpha value is -3.51. The normalized spacial score (nSPS) is 14.6. The third kappa shape index (κ3) is 3.89. The Morgan fingerprint density at radius 3 is 2.69 bits per heavy atom. The van der Waals surface area contributed by atoms with Gasteiger partial charge in [0, 0.05) is 65.3 Å². The highest BCUT2D eigenvalue weighted by Crippen LogP contribution is 2.32. The minimum Gasteiger partial charge on any atom is -0.381 e. The monoisotopic (exact) mass is 428 g/mol. The van der Waals surface area contributed by atoms with E-state index in [4.69, 9.17) is 9.72 Å². The molecular formula is C26H25FN4O. The van der Waals surface area contributed by atoms with E-state index < -0.39 is 0 Å². The summed E-state index contributed by atoms with van der Waals surface area (Å²) in [4.78, 5) is 9.40. The van der Waals surface area contributed by atoms with E-state index in [1.165, 1.54) is 12.1 Å². The van der Waals surface area contributed by atoms with Crippen molar-refractivity contribution in [2.75, 3.05) is 18.5 Å². The van der Waals surface area contributed by atoms with Gasteiger partial charge in [-0.3, -0.25) is 4.98 Å². The molecule has 1 N–H and O–H groups in total. The lowest BCUT2D eigenvalue weighted by molar-refractivity contribution is 0.0835. The summed E-state index contributed by atoms with van der Waals surface area (Å²) in [5, 5.41) is 3.26. The van der Waals surface area contributed by atoms with Crippen LogP contribution in [0.25, 0.3) is 22.3 Å². The highest BCUT2D eigenvalue weighted by atomic mass is 19.1. The number of imidazole rings is 1. The molecule has 3 aromatic heterocycles. The van der Waals surface area contributed by atoms with Gasteiger partial charge in [-0.15, -0.1) is 0 Å².